The van der Waals surface area contributed by atoms with E-state index in [2.05, 4.69) is 52.8 Å². The van der Waals surface area contributed by atoms with Gasteiger partial charge in [0.15, 0.2) is 0 Å². The molecule has 0 spiro atoms. The molecule has 22 nitrogen and oxygen atoms in total. The zero-order chi connectivity index (χ0) is 39.8. The fourth-order valence-corrected chi connectivity index (χ4v) is 9.47. The minimum absolute atomic E-state index is 0.0549. The molecule has 6 atom stereocenters. The average Bonchev–Trinajstić information content (AvgIpc) is 3.39. The van der Waals surface area contributed by atoms with Crippen molar-refractivity contribution in [3.8, 4) is 11.8 Å². The highest BCUT2D eigenvalue weighted by Gasteiger charge is 2.43. The zero-order valence-electron chi connectivity index (χ0n) is 28.5. The van der Waals surface area contributed by atoms with Crippen LogP contribution in [0.2, 0.25) is 0 Å². The third-order valence-electron chi connectivity index (χ3n) is 6.66. The van der Waals surface area contributed by atoms with Crippen molar-refractivity contribution in [3.63, 3.8) is 0 Å². The molecule has 6 unspecified atom stereocenters. The van der Waals surface area contributed by atoms with Gasteiger partial charge in [-0.2, -0.15) is 13.6 Å². The standard InChI is InChI=1S/C26H43N6O16P3S2/c1-3-4-5-6-10-29-25(36)19(30-17(2)33)16-53-52-12-9-22(35)28-11-7-8-18-14-32(26(37)31-24(18)27)23-13-20(34)21(46-23)15-45-50(41,42)48-51(43,44)47-49(38,39)40/h14,19-21,23,34H,3-6,9-13,15-16H2,1-2H3,(H,28,35)(H,29,36)(H,30,33)(H,41,42)(H,43,44)(H2,27,31,37)(H2,38,39,40). The molecule has 1 aliphatic rings. The maximum absolute atomic E-state index is 12.5. The third-order valence-corrected chi connectivity index (χ3v) is 12.9. The molecule has 0 radical (unpaired) electrons. The van der Waals surface area contributed by atoms with Gasteiger partial charge in [0.05, 0.1) is 24.8 Å². The maximum Gasteiger partial charge on any atom is 0.490 e. The van der Waals surface area contributed by atoms with Gasteiger partial charge in [0, 0.05) is 44.0 Å². The number of carbonyl (C=O) groups is 3. The summed E-state index contributed by atoms with van der Waals surface area (Å²) >= 11 is 0. The number of nitrogens with one attached hydrogen (secondary N) is 3. The largest absolute Gasteiger partial charge is 0.490 e. The fraction of sp³-hybridized carbons (Fsp3) is 0.654. The van der Waals surface area contributed by atoms with Crippen molar-refractivity contribution >= 4 is 68.6 Å². The first-order valence-corrected chi connectivity index (χ1v) is 22.8. The molecule has 0 aromatic carbocycles. The first kappa shape index (κ1) is 46.8. The Labute approximate surface area is 311 Å². The van der Waals surface area contributed by atoms with E-state index in [1.54, 1.807) is 0 Å². The van der Waals surface area contributed by atoms with E-state index >= 15 is 0 Å². The predicted molar refractivity (Wildman–Crippen MR) is 191 cm³/mol. The number of aliphatic hydroxyl groups excluding tert-OH is 1. The van der Waals surface area contributed by atoms with Crippen molar-refractivity contribution in [3.05, 3.63) is 22.2 Å². The molecule has 10 N–H and O–H groups in total. The van der Waals surface area contributed by atoms with Crippen LogP contribution in [0.15, 0.2) is 11.0 Å². The average molecular weight is 853 g/mol. The van der Waals surface area contributed by atoms with Crippen LogP contribution in [-0.2, 0) is 46.0 Å². The van der Waals surface area contributed by atoms with Gasteiger partial charge in [0.25, 0.3) is 0 Å². The van der Waals surface area contributed by atoms with Gasteiger partial charge < -0.3 is 51.1 Å². The van der Waals surface area contributed by atoms with Gasteiger partial charge in [-0.05, 0) is 6.42 Å². The molecule has 300 valence electrons. The maximum atomic E-state index is 12.5. The highest BCUT2D eigenvalue weighted by Crippen LogP contribution is 2.66. The smallest absolute Gasteiger partial charge is 0.390 e. The number of ether oxygens (including phenoxy) is 1. The molecule has 1 fully saturated rings. The summed E-state index contributed by atoms with van der Waals surface area (Å²) < 4.78 is 52.4. The van der Waals surface area contributed by atoms with E-state index in [1.165, 1.54) is 34.7 Å². The van der Waals surface area contributed by atoms with Crippen LogP contribution in [0.3, 0.4) is 0 Å². The van der Waals surface area contributed by atoms with Gasteiger partial charge in [-0.1, -0.05) is 59.6 Å². The van der Waals surface area contributed by atoms with Gasteiger partial charge in [-0.3, -0.25) is 23.5 Å². The Morgan fingerprint density at radius 1 is 1.11 bits per heavy atom. The van der Waals surface area contributed by atoms with E-state index < -0.39 is 60.2 Å². The van der Waals surface area contributed by atoms with Crippen molar-refractivity contribution in [2.45, 2.75) is 76.9 Å². The van der Waals surface area contributed by atoms with Gasteiger partial charge in [0.1, 0.15) is 24.2 Å². The molecule has 53 heavy (non-hydrogen) atoms. The van der Waals surface area contributed by atoms with Crippen LogP contribution >= 0.6 is 45.1 Å². The Hall–Kier alpha value is -2.32. The molecule has 0 aliphatic carbocycles. The first-order chi connectivity index (χ1) is 24.7. The van der Waals surface area contributed by atoms with Crippen molar-refractivity contribution in [1.29, 1.82) is 0 Å². The van der Waals surface area contributed by atoms with Crippen LogP contribution in [0.4, 0.5) is 5.82 Å². The van der Waals surface area contributed by atoms with Crippen LogP contribution in [-0.4, -0.2) is 101 Å². The quantitative estimate of drug-likeness (QED) is 0.0327. The number of rotatable bonds is 22. The third kappa shape index (κ3) is 18.7. The number of amides is 3. The van der Waals surface area contributed by atoms with Crippen LogP contribution in [0, 0.1) is 11.8 Å². The molecule has 2 heterocycles. The summed E-state index contributed by atoms with van der Waals surface area (Å²) in [5.74, 6) is 4.90. The number of unbranched alkanes of at least 4 members (excludes halogenated alkanes) is 3. The summed E-state index contributed by atoms with van der Waals surface area (Å²) in [5, 5.41) is 18.4. The number of aliphatic hydroxyl groups is 1. The number of aromatic nitrogens is 2. The van der Waals surface area contributed by atoms with E-state index in [1.807, 2.05) is 0 Å². The Morgan fingerprint density at radius 2 is 1.83 bits per heavy atom. The summed E-state index contributed by atoms with van der Waals surface area (Å²) in [6, 6.07) is -0.706. The highest BCUT2D eigenvalue weighted by molar-refractivity contribution is 8.76. The molecule has 0 bridgehead atoms. The lowest BCUT2D eigenvalue weighted by molar-refractivity contribution is -0.127. The van der Waals surface area contributed by atoms with E-state index in [0.29, 0.717) is 18.1 Å². The van der Waals surface area contributed by atoms with Gasteiger partial charge >= 0.3 is 29.2 Å². The number of phosphoric acid groups is 3. The number of anilines is 1. The first-order valence-electron chi connectivity index (χ1n) is 15.8. The number of hydrogen-bond acceptors (Lipinski definition) is 16. The molecule has 1 aliphatic heterocycles. The van der Waals surface area contributed by atoms with Crippen molar-refractivity contribution in [1.82, 2.24) is 25.5 Å². The number of nitrogens with two attached hydrogens (primary N) is 1. The Morgan fingerprint density at radius 3 is 2.49 bits per heavy atom. The molecular formula is C26H43N6O16P3S2. The number of nitrogen functional groups attached to an aromatic ring is 1. The molecule has 1 aromatic rings. The van der Waals surface area contributed by atoms with Gasteiger partial charge in [-0.25, -0.2) is 18.5 Å². The number of hydrogen-bond donors (Lipinski definition) is 9. The number of phosphoric ester groups is 1. The van der Waals surface area contributed by atoms with Crippen LogP contribution < -0.4 is 27.4 Å². The Bertz CT molecular complexity index is 1690. The van der Waals surface area contributed by atoms with E-state index in [4.69, 9.17) is 20.3 Å². The summed E-state index contributed by atoms with van der Waals surface area (Å²) in [5.41, 5.74) is 4.97. The highest BCUT2D eigenvalue weighted by atomic mass is 33.1. The molecule has 1 saturated heterocycles. The lowest BCUT2D eigenvalue weighted by atomic mass is 10.2. The second kappa shape index (κ2) is 22.3. The molecule has 0 saturated carbocycles. The van der Waals surface area contributed by atoms with Crippen LogP contribution in [0.5, 0.6) is 0 Å². The number of nitrogens with zero attached hydrogens (tertiary/aromatic N) is 2. The summed E-state index contributed by atoms with van der Waals surface area (Å²) in [6.45, 7) is 2.91. The zero-order valence-corrected chi connectivity index (χ0v) is 32.8. The Kier molecular flexibility index (Phi) is 19.7. The Balaban J connectivity index is 1.85. The van der Waals surface area contributed by atoms with Crippen LogP contribution in [0.1, 0.15) is 64.2 Å². The monoisotopic (exact) mass is 852 g/mol. The molecule has 1 aromatic heterocycles. The van der Waals surface area contributed by atoms with Crippen molar-refractivity contribution < 1.29 is 70.6 Å². The lowest BCUT2D eigenvalue weighted by Gasteiger charge is -2.19. The van der Waals surface area contributed by atoms with Gasteiger partial charge in [0.2, 0.25) is 17.7 Å². The fourth-order valence-electron chi connectivity index (χ4n) is 4.29. The van der Waals surface area contributed by atoms with Crippen molar-refractivity contribution in [2.75, 3.05) is 36.9 Å². The molecule has 2 rings (SSSR count). The molecule has 27 heteroatoms. The number of carbonyl (C=O) groups excluding carboxylic acids is 3. The minimum atomic E-state index is -5.76. The van der Waals surface area contributed by atoms with E-state index in [-0.39, 0.29) is 48.5 Å². The second-order valence-electron chi connectivity index (χ2n) is 11.1. The van der Waals surface area contributed by atoms with Crippen LogP contribution in [0.25, 0.3) is 0 Å². The second-order valence-corrected chi connectivity index (χ2v) is 18.1. The van der Waals surface area contributed by atoms with Crippen molar-refractivity contribution in [2.24, 2.45) is 0 Å². The molecule has 3 amide bonds. The molecular weight excluding hydrogens is 809 g/mol. The summed E-state index contributed by atoms with van der Waals surface area (Å²) in [7, 11) is -14.1. The van der Waals surface area contributed by atoms with Gasteiger partial charge in [-0.15, -0.1) is 0 Å². The minimum Gasteiger partial charge on any atom is -0.390 e. The predicted octanol–water partition coefficient (Wildman–Crippen LogP) is 0.258. The summed E-state index contributed by atoms with van der Waals surface area (Å²) in [6.07, 6.45) is 1.03. The topological polar surface area (TPSA) is 337 Å². The summed E-state index contributed by atoms with van der Waals surface area (Å²) in [4.78, 5) is 88.6. The van der Waals surface area contributed by atoms with E-state index in [0.717, 1.165) is 30.3 Å². The lowest BCUT2D eigenvalue weighted by Crippen LogP contribution is -2.47. The normalized spacial score (nSPS) is 19.9. The SMILES string of the molecule is CCCCCCNC(=O)C(CSSCCC(=O)NCC#Cc1cn(C2CC(O)C(COP(=O)(O)OP(=O)(O)OP(=O)(O)O)O2)c(=O)nc1N)NC(C)=O. The van der Waals surface area contributed by atoms with E-state index in [9.17, 15) is 47.8 Å².